The molecular weight excluding hydrogens is 321 g/mol. The third-order valence-electron chi connectivity index (χ3n) is 4.42. The van der Waals surface area contributed by atoms with Gasteiger partial charge >= 0.3 is 0 Å². The van der Waals surface area contributed by atoms with Crippen molar-refractivity contribution in [3.8, 4) is 5.75 Å². The van der Waals surface area contributed by atoms with Crippen molar-refractivity contribution in [2.45, 2.75) is 0 Å². The summed E-state index contributed by atoms with van der Waals surface area (Å²) in [7, 11) is 1.47. The van der Waals surface area contributed by atoms with Crippen LogP contribution in [0, 0.1) is 5.82 Å². The first kappa shape index (κ1) is 15.6. The molecule has 1 aliphatic heterocycles. The first-order chi connectivity index (χ1) is 12.2. The number of pyridine rings is 1. The molecule has 3 heterocycles. The van der Waals surface area contributed by atoms with Crippen LogP contribution in [0.3, 0.4) is 0 Å². The van der Waals surface area contributed by atoms with E-state index in [1.54, 1.807) is 18.5 Å². The fraction of sp³-hybridized carbons (Fsp3) is 0.278. The zero-order chi connectivity index (χ0) is 17.2. The van der Waals surface area contributed by atoms with Gasteiger partial charge in [0.1, 0.15) is 11.3 Å². The van der Waals surface area contributed by atoms with Gasteiger partial charge in [0.15, 0.2) is 17.2 Å². The summed E-state index contributed by atoms with van der Waals surface area (Å²) >= 11 is 0. The van der Waals surface area contributed by atoms with Crippen molar-refractivity contribution in [3.63, 3.8) is 0 Å². The van der Waals surface area contributed by atoms with Crippen LogP contribution < -0.4 is 14.5 Å². The molecule has 25 heavy (non-hydrogen) atoms. The van der Waals surface area contributed by atoms with Gasteiger partial charge in [-0.2, -0.15) is 0 Å². The number of ether oxygens (including phenoxy) is 1. The van der Waals surface area contributed by atoms with Gasteiger partial charge in [0, 0.05) is 50.3 Å². The molecule has 0 amide bonds. The van der Waals surface area contributed by atoms with Crippen molar-refractivity contribution in [1.29, 1.82) is 0 Å². The summed E-state index contributed by atoms with van der Waals surface area (Å²) in [5.41, 5.74) is 2.31. The Morgan fingerprint density at radius 1 is 0.960 bits per heavy atom. The van der Waals surface area contributed by atoms with Crippen LogP contribution in [0.15, 0.2) is 42.7 Å². The number of hydrogen-bond acceptors (Lipinski definition) is 6. The van der Waals surface area contributed by atoms with Crippen LogP contribution in [0.1, 0.15) is 0 Å². The molecule has 1 aromatic carbocycles. The molecular formula is C18H18FN5O. The number of nitrogens with zero attached hydrogens (tertiary/aromatic N) is 5. The predicted molar refractivity (Wildman–Crippen MR) is 94.7 cm³/mol. The van der Waals surface area contributed by atoms with Crippen LogP contribution >= 0.6 is 0 Å². The largest absolute Gasteiger partial charge is 0.494 e. The van der Waals surface area contributed by atoms with E-state index in [1.165, 1.54) is 13.2 Å². The Hall–Kier alpha value is -2.96. The standard InChI is InChI=1S/C18H18FN5O/c1-25-16-4-2-13(12-14(16)19)23-8-10-24(11-9-23)17-5-3-15-18(22-17)21-7-6-20-15/h2-7,12H,8-11H2,1H3. The van der Waals surface area contributed by atoms with Crippen molar-refractivity contribution in [1.82, 2.24) is 15.0 Å². The average molecular weight is 339 g/mol. The summed E-state index contributed by atoms with van der Waals surface area (Å²) in [6.45, 7) is 3.22. The smallest absolute Gasteiger partial charge is 0.180 e. The number of fused-ring (bicyclic) bond motifs is 1. The third-order valence-corrected chi connectivity index (χ3v) is 4.42. The second-order valence-electron chi connectivity index (χ2n) is 5.86. The van der Waals surface area contributed by atoms with Crippen molar-refractivity contribution in [2.24, 2.45) is 0 Å². The van der Waals surface area contributed by atoms with Gasteiger partial charge in [-0.05, 0) is 24.3 Å². The molecule has 4 rings (SSSR count). The number of hydrogen-bond donors (Lipinski definition) is 0. The molecule has 1 fully saturated rings. The minimum atomic E-state index is -0.336. The van der Waals surface area contributed by atoms with Gasteiger partial charge in [-0.15, -0.1) is 0 Å². The van der Waals surface area contributed by atoms with Crippen molar-refractivity contribution >= 4 is 22.7 Å². The Bertz CT molecular complexity index is 896. The van der Waals surface area contributed by atoms with Crippen molar-refractivity contribution in [2.75, 3.05) is 43.1 Å². The van der Waals surface area contributed by atoms with E-state index in [0.717, 1.165) is 43.2 Å². The number of methoxy groups -OCH3 is 1. The van der Waals surface area contributed by atoms with Gasteiger partial charge in [-0.25, -0.2) is 14.4 Å². The van der Waals surface area contributed by atoms with Gasteiger partial charge in [-0.1, -0.05) is 0 Å². The highest BCUT2D eigenvalue weighted by atomic mass is 19.1. The highest BCUT2D eigenvalue weighted by Gasteiger charge is 2.19. The summed E-state index contributed by atoms with van der Waals surface area (Å²) in [4.78, 5) is 17.5. The lowest BCUT2D eigenvalue weighted by Crippen LogP contribution is -2.46. The van der Waals surface area contributed by atoms with E-state index in [2.05, 4.69) is 24.8 Å². The number of piperazine rings is 1. The molecule has 0 saturated carbocycles. The minimum Gasteiger partial charge on any atom is -0.494 e. The lowest BCUT2D eigenvalue weighted by Gasteiger charge is -2.36. The first-order valence-corrected chi connectivity index (χ1v) is 8.16. The van der Waals surface area contributed by atoms with Gasteiger partial charge in [0.05, 0.1) is 7.11 Å². The summed E-state index contributed by atoms with van der Waals surface area (Å²) in [6.07, 6.45) is 3.31. The SMILES string of the molecule is COc1ccc(N2CCN(c3ccc4nccnc4n3)CC2)cc1F. The maximum absolute atomic E-state index is 13.9. The summed E-state index contributed by atoms with van der Waals surface area (Å²) in [5, 5.41) is 0. The van der Waals surface area contributed by atoms with Crippen LogP contribution in [0.2, 0.25) is 0 Å². The highest BCUT2D eigenvalue weighted by molar-refractivity contribution is 5.71. The molecule has 6 nitrogen and oxygen atoms in total. The van der Waals surface area contributed by atoms with E-state index >= 15 is 0 Å². The van der Waals surface area contributed by atoms with Crippen LogP contribution in [-0.2, 0) is 0 Å². The molecule has 0 radical (unpaired) electrons. The molecule has 1 saturated heterocycles. The Balaban J connectivity index is 1.48. The van der Waals surface area contributed by atoms with E-state index in [0.29, 0.717) is 5.65 Å². The fourth-order valence-corrected chi connectivity index (χ4v) is 3.07. The Morgan fingerprint density at radius 2 is 1.72 bits per heavy atom. The molecule has 0 aliphatic carbocycles. The minimum absolute atomic E-state index is 0.267. The van der Waals surface area contributed by atoms with Crippen LogP contribution in [0.25, 0.3) is 11.2 Å². The zero-order valence-electron chi connectivity index (χ0n) is 13.9. The average Bonchev–Trinajstić information content (AvgIpc) is 2.67. The Kier molecular flexibility index (Phi) is 4.05. The Labute approximate surface area is 144 Å². The van der Waals surface area contributed by atoms with E-state index in [1.807, 2.05) is 18.2 Å². The summed E-state index contributed by atoms with van der Waals surface area (Å²) in [6, 6.07) is 9.00. The highest BCUT2D eigenvalue weighted by Crippen LogP contribution is 2.25. The second-order valence-corrected chi connectivity index (χ2v) is 5.86. The number of halogens is 1. The predicted octanol–water partition coefficient (Wildman–Crippen LogP) is 2.50. The third kappa shape index (κ3) is 3.05. The van der Waals surface area contributed by atoms with Gasteiger partial charge in [-0.3, -0.25) is 4.98 Å². The molecule has 3 aromatic rings. The maximum atomic E-state index is 13.9. The number of anilines is 2. The molecule has 0 N–H and O–H groups in total. The summed E-state index contributed by atoms with van der Waals surface area (Å²) in [5.74, 6) is 0.828. The topological polar surface area (TPSA) is 54.4 Å². The molecule has 0 bridgehead atoms. The van der Waals surface area contributed by atoms with Crippen molar-refractivity contribution in [3.05, 3.63) is 48.5 Å². The van der Waals surface area contributed by atoms with Gasteiger partial charge in [0.25, 0.3) is 0 Å². The monoisotopic (exact) mass is 339 g/mol. The molecule has 0 unspecified atom stereocenters. The van der Waals surface area contributed by atoms with E-state index in [-0.39, 0.29) is 11.6 Å². The lowest BCUT2D eigenvalue weighted by molar-refractivity contribution is 0.386. The van der Waals surface area contributed by atoms with Gasteiger partial charge in [0.2, 0.25) is 0 Å². The van der Waals surface area contributed by atoms with Crippen LogP contribution in [0.4, 0.5) is 15.9 Å². The first-order valence-electron chi connectivity index (χ1n) is 8.16. The molecule has 1 aliphatic rings. The number of benzene rings is 1. The molecule has 0 spiro atoms. The number of rotatable bonds is 3. The van der Waals surface area contributed by atoms with E-state index < -0.39 is 0 Å². The maximum Gasteiger partial charge on any atom is 0.180 e. The molecule has 0 atom stereocenters. The molecule has 7 heteroatoms. The van der Waals surface area contributed by atoms with Crippen LogP contribution in [0.5, 0.6) is 5.75 Å². The zero-order valence-corrected chi connectivity index (χ0v) is 13.9. The lowest BCUT2D eigenvalue weighted by atomic mass is 10.2. The normalized spacial score (nSPS) is 14.8. The quantitative estimate of drug-likeness (QED) is 0.731. The molecule has 128 valence electrons. The van der Waals surface area contributed by atoms with E-state index in [9.17, 15) is 4.39 Å². The number of aromatic nitrogens is 3. The summed E-state index contributed by atoms with van der Waals surface area (Å²) < 4.78 is 18.9. The van der Waals surface area contributed by atoms with E-state index in [4.69, 9.17) is 4.74 Å². The van der Waals surface area contributed by atoms with Crippen molar-refractivity contribution < 1.29 is 9.13 Å². The Morgan fingerprint density at radius 3 is 2.48 bits per heavy atom. The fourth-order valence-electron chi connectivity index (χ4n) is 3.07. The second kappa shape index (κ2) is 6.51. The van der Waals surface area contributed by atoms with Gasteiger partial charge < -0.3 is 14.5 Å². The van der Waals surface area contributed by atoms with Crippen LogP contribution in [-0.4, -0.2) is 48.2 Å². The molecule has 2 aromatic heterocycles.